The van der Waals surface area contributed by atoms with E-state index in [-0.39, 0.29) is 21.2 Å². The van der Waals surface area contributed by atoms with Gasteiger partial charge in [-0.2, -0.15) is 8.42 Å². The summed E-state index contributed by atoms with van der Waals surface area (Å²) in [6, 6.07) is 9.94. The summed E-state index contributed by atoms with van der Waals surface area (Å²) < 4.78 is 31.9. The third kappa shape index (κ3) is 3.85. The van der Waals surface area contributed by atoms with E-state index in [0.29, 0.717) is 5.75 Å². The molecule has 1 heterocycles. The number of para-hydroxylation sites is 1. The molecule has 1 aromatic heterocycles. The first kappa shape index (κ1) is 19.5. The van der Waals surface area contributed by atoms with Crippen LogP contribution in [-0.2, 0) is 10.0 Å². The number of anilines is 1. The third-order valence-electron chi connectivity index (χ3n) is 3.69. The topological polar surface area (TPSA) is 128 Å². The smallest absolute Gasteiger partial charge is 0.293 e. The van der Waals surface area contributed by atoms with E-state index in [2.05, 4.69) is 9.71 Å². The number of ketones is 1. The van der Waals surface area contributed by atoms with Crippen LogP contribution < -0.4 is 9.46 Å². The fourth-order valence-electron chi connectivity index (χ4n) is 2.44. The van der Waals surface area contributed by atoms with Crippen molar-refractivity contribution in [1.82, 2.24) is 4.98 Å². The fraction of sp³-hybridized carbons (Fsp3) is 0.0588. The van der Waals surface area contributed by atoms with Crippen LogP contribution in [0.1, 0.15) is 15.9 Å². The zero-order chi connectivity index (χ0) is 20.3. The average Bonchev–Trinajstić information content (AvgIpc) is 3.22. The Morgan fingerprint density at radius 2 is 2.00 bits per heavy atom. The van der Waals surface area contributed by atoms with Crippen molar-refractivity contribution in [2.75, 3.05) is 11.8 Å². The summed E-state index contributed by atoms with van der Waals surface area (Å²) >= 11 is 0.861. The van der Waals surface area contributed by atoms with Crippen LogP contribution in [0.5, 0.6) is 5.75 Å². The number of thiazole rings is 1. The number of sulfonamides is 1. The summed E-state index contributed by atoms with van der Waals surface area (Å²) in [5, 5.41) is 12.8. The molecule has 0 spiro atoms. The minimum Gasteiger partial charge on any atom is -0.496 e. The number of methoxy groups -OCH3 is 1. The van der Waals surface area contributed by atoms with Crippen LogP contribution in [0, 0.1) is 10.1 Å². The molecule has 0 saturated heterocycles. The van der Waals surface area contributed by atoms with Gasteiger partial charge in [-0.3, -0.25) is 19.6 Å². The Morgan fingerprint density at radius 3 is 2.64 bits per heavy atom. The normalized spacial score (nSPS) is 11.0. The van der Waals surface area contributed by atoms with Gasteiger partial charge in [0.05, 0.1) is 17.6 Å². The molecule has 3 aromatic rings. The molecule has 28 heavy (non-hydrogen) atoms. The number of nitro groups is 1. The van der Waals surface area contributed by atoms with Crippen LogP contribution in [-0.4, -0.2) is 31.2 Å². The first-order valence-electron chi connectivity index (χ1n) is 7.72. The maximum atomic E-state index is 12.8. The van der Waals surface area contributed by atoms with Crippen molar-refractivity contribution in [1.29, 1.82) is 0 Å². The van der Waals surface area contributed by atoms with Crippen LogP contribution in [0.15, 0.2) is 58.4 Å². The molecule has 0 bridgehead atoms. The molecule has 11 heteroatoms. The molecule has 0 amide bonds. The van der Waals surface area contributed by atoms with E-state index in [1.165, 1.54) is 24.8 Å². The number of nitrogens with one attached hydrogen (secondary N) is 1. The van der Waals surface area contributed by atoms with Crippen molar-refractivity contribution in [3.05, 3.63) is 75.3 Å². The van der Waals surface area contributed by atoms with Crippen molar-refractivity contribution < 1.29 is 22.9 Å². The Hall–Kier alpha value is -3.31. The highest BCUT2D eigenvalue weighted by atomic mass is 32.2. The van der Waals surface area contributed by atoms with E-state index >= 15 is 0 Å². The minimum atomic E-state index is -4.13. The molecule has 144 valence electrons. The largest absolute Gasteiger partial charge is 0.496 e. The first-order valence-corrected chi connectivity index (χ1v) is 10.1. The van der Waals surface area contributed by atoms with Gasteiger partial charge in [0.15, 0.2) is 5.78 Å². The second-order valence-corrected chi connectivity index (χ2v) is 8.17. The molecule has 0 unspecified atom stereocenters. The number of nitro benzene ring substituents is 1. The highest BCUT2D eigenvalue weighted by molar-refractivity contribution is 7.94. The molecule has 3 rings (SSSR count). The van der Waals surface area contributed by atoms with E-state index in [0.717, 1.165) is 23.5 Å². The second-order valence-electron chi connectivity index (χ2n) is 5.42. The van der Waals surface area contributed by atoms with E-state index in [1.54, 1.807) is 24.3 Å². The van der Waals surface area contributed by atoms with Gasteiger partial charge in [0, 0.05) is 23.2 Å². The number of hydrogen-bond acceptors (Lipinski definition) is 8. The van der Waals surface area contributed by atoms with Gasteiger partial charge in [0.1, 0.15) is 11.4 Å². The van der Waals surface area contributed by atoms with Crippen LogP contribution >= 0.6 is 11.3 Å². The molecule has 1 N–H and O–H groups in total. The highest BCUT2D eigenvalue weighted by Crippen LogP contribution is 2.30. The summed E-state index contributed by atoms with van der Waals surface area (Å²) in [5.41, 5.74) is -0.517. The zero-order valence-electron chi connectivity index (χ0n) is 14.4. The predicted octanol–water partition coefficient (Wildman–Crippen LogP) is 3.09. The van der Waals surface area contributed by atoms with Gasteiger partial charge in [-0.15, -0.1) is 11.3 Å². The van der Waals surface area contributed by atoms with Gasteiger partial charge in [0.2, 0.25) is 4.34 Å². The molecule has 0 aliphatic carbocycles. The van der Waals surface area contributed by atoms with Gasteiger partial charge in [-0.05, 0) is 24.3 Å². The number of aromatic nitrogens is 1. The lowest BCUT2D eigenvalue weighted by molar-refractivity contribution is -0.383. The predicted molar refractivity (Wildman–Crippen MR) is 102 cm³/mol. The molecule has 0 radical (unpaired) electrons. The zero-order valence-corrected chi connectivity index (χ0v) is 16.0. The Balaban J connectivity index is 2.05. The summed E-state index contributed by atoms with van der Waals surface area (Å²) in [6.45, 7) is 0. The van der Waals surface area contributed by atoms with E-state index in [4.69, 9.17) is 4.74 Å². The number of nitrogens with zero attached hydrogens (tertiary/aromatic N) is 2. The number of benzene rings is 2. The quantitative estimate of drug-likeness (QED) is 0.354. The lowest BCUT2D eigenvalue weighted by atomic mass is 10.0. The van der Waals surface area contributed by atoms with E-state index in [9.17, 15) is 23.3 Å². The maximum absolute atomic E-state index is 12.8. The van der Waals surface area contributed by atoms with Gasteiger partial charge in [-0.1, -0.05) is 12.1 Å². The Bertz CT molecular complexity index is 1140. The van der Waals surface area contributed by atoms with Crippen LogP contribution in [0.2, 0.25) is 0 Å². The molecular weight excluding hydrogens is 406 g/mol. The number of ether oxygens (including phenoxy) is 1. The summed E-state index contributed by atoms with van der Waals surface area (Å²) in [5.74, 6) is -0.141. The van der Waals surface area contributed by atoms with Crippen molar-refractivity contribution in [3.8, 4) is 5.75 Å². The summed E-state index contributed by atoms with van der Waals surface area (Å²) in [7, 11) is -2.72. The number of carbonyl (C=O) groups is 1. The molecule has 0 fully saturated rings. The monoisotopic (exact) mass is 419 g/mol. The van der Waals surface area contributed by atoms with Gasteiger partial charge in [-0.25, -0.2) is 4.98 Å². The van der Waals surface area contributed by atoms with Crippen molar-refractivity contribution >= 4 is 38.5 Å². The van der Waals surface area contributed by atoms with Crippen molar-refractivity contribution in [2.45, 2.75) is 4.34 Å². The number of hydrogen-bond donors (Lipinski definition) is 1. The van der Waals surface area contributed by atoms with Crippen LogP contribution in [0.25, 0.3) is 0 Å². The average molecular weight is 419 g/mol. The Morgan fingerprint density at radius 1 is 1.25 bits per heavy atom. The summed E-state index contributed by atoms with van der Waals surface area (Å²) in [6.07, 6.45) is 1.30. The molecule has 0 saturated carbocycles. The number of carbonyl (C=O) groups excluding carboxylic acids is 1. The third-order valence-corrected chi connectivity index (χ3v) is 6.26. The molecule has 0 aliphatic rings. The molecule has 0 aliphatic heterocycles. The standard InChI is InChI=1S/C17H13N3O6S2/c1-26-15-5-3-2-4-12(15)16(21)11-6-7-14(20(22)23)13(10-11)19-28(24,25)17-18-8-9-27-17/h2-10,19H,1H3. The van der Waals surface area contributed by atoms with Crippen molar-refractivity contribution in [2.24, 2.45) is 0 Å². The lowest BCUT2D eigenvalue weighted by Gasteiger charge is -2.10. The SMILES string of the molecule is COc1ccccc1C(=O)c1ccc([N+](=O)[O-])c(NS(=O)(=O)c2nccs2)c1. The fourth-order valence-corrected chi connectivity index (χ4v) is 4.34. The summed E-state index contributed by atoms with van der Waals surface area (Å²) in [4.78, 5) is 27.1. The molecular formula is C17H13N3O6S2. The highest BCUT2D eigenvalue weighted by Gasteiger charge is 2.25. The minimum absolute atomic E-state index is 0.0620. The maximum Gasteiger partial charge on any atom is 0.293 e. The molecule has 0 atom stereocenters. The second kappa shape index (κ2) is 7.74. The van der Waals surface area contributed by atoms with E-state index < -0.39 is 26.4 Å². The van der Waals surface area contributed by atoms with Crippen LogP contribution in [0.4, 0.5) is 11.4 Å². The number of rotatable bonds is 7. The Labute approximate surface area is 163 Å². The van der Waals surface area contributed by atoms with Crippen LogP contribution in [0.3, 0.4) is 0 Å². The molecule has 9 nitrogen and oxygen atoms in total. The Kier molecular flexibility index (Phi) is 5.38. The first-order chi connectivity index (χ1) is 13.3. The van der Waals surface area contributed by atoms with E-state index in [1.807, 2.05) is 0 Å². The molecule has 2 aromatic carbocycles. The van der Waals surface area contributed by atoms with Gasteiger partial charge >= 0.3 is 0 Å². The van der Waals surface area contributed by atoms with Crippen molar-refractivity contribution in [3.63, 3.8) is 0 Å². The van der Waals surface area contributed by atoms with Gasteiger partial charge in [0.25, 0.3) is 15.7 Å². The van der Waals surface area contributed by atoms with Gasteiger partial charge < -0.3 is 4.74 Å². The lowest BCUT2D eigenvalue weighted by Crippen LogP contribution is -2.14.